The highest BCUT2D eigenvalue weighted by Crippen LogP contribution is 2.31. The second-order valence-electron chi connectivity index (χ2n) is 29.7. The van der Waals surface area contributed by atoms with Crippen molar-refractivity contribution in [2.45, 2.75) is 109 Å². The first-order chi connectivity index (χ1) is 58.4. The summed E-state index contributed by atoms with van der Waals surface area (Å²) in [7, 11) is 0. The number of aryl methyl sites for hydroxylation is 7. The van der Waals surface area contributed by atoms with Gasteiger partial charge >= 0.3 is 5.97 Å². The molecule has 32 nitrogen and oxygen atoms in total. The van der Waals surface area contributed by atoms with Gasteiger partial charge in [-0.3, -0.25) is 29.5 Å². The molecule has 12 heterocycles. The van der Waals surface area contributed by atoms with Crippen molar-refractivity contribution in [2.75, 3.05) is 91.8 Å². The Balaban J connectivity index is 0.000000150. The van der Waals surface area contributed by atoms with E-state index in [0.717, 1.165) is 160 Å². The number of pyridine rings is 4. The smallest absolute Gasteiger partial charge is 0.303 e. The van der Waals surface area contributed by atoms with Gasteiger partial charge in [-0.1, -0.05) is 63.4 Å². The Bertz CT molecular complexity index is 5980. The second-order valence-corrected chi connectivity index (χ2v) is 29.7. The predicted octanol–water partition coefficient (Wildman–Crippen LogP) is 11.5. The summed E-state index contributed by atoms with van der Waals surface area (Å²) in [5.41, 5.74) is 19.2. The van der Waals surface area contributed by atoms with Crippen LogP contribution < -0.4 is 14.2 Å². The number of hydrogen-bond acceptors (Lipinski definition) is 24. The Morgan fingerprint density at radius 3 is 1.34 bits per heavy atom. The minimum atomic E-state index is -0.831. The fourth-order valence-electron chi connectivity index (χ4n) is 14.3. The number of aromatic nitrogens is 18. The molecule has 15 aromatic rings. The number of hydrogen-bond donors (Lipinski definition) is 10. The number of aromatic amines is 5. The highest BCUT2D eigenvalue weighted by atomic mass is 16.5. The number of imidazole rings is 4. The average molecular weight is 1660 g/mol. The van der Waals surface area contributed by atoms with Crippen LogP contribution in [0.1, 0.15) is 99.0 Å². The van der Waals surface area contributed by atoms with E-state index in [1.165, 1.54) is 0 Å². The molecule has 0 spiro atoms. The Kier molecular flexibility index (Phi) is 30.2. The number of fused-ring (bicyclic) bond motifs is 4. The molecule has 1 amide bonds. The van der Waals surface area contributed by atoms with E-state index in [2.05, 4.69) is 106 Å². The fourth-order valence-corrected chi connectivity index (χ4v) is 14.3. The Labute approximate surface area is 706 Å². The highest BCUT2D eigenvalue weighted by Gasteiger charge is 2.25. The van der Waals surface area contributed by atoms with E-state index in [4.69, 9.17) is 19.3 Å². The predicted molar refractivity (Wildman–Crippen MR) is 467 cm³/mol. The monoisotopic (exact) mass is 1650 g/mol. The minimum absolute atomic E-state index is 0. The zero-order valence-corrected chi connectivity index (χ0v) is 67.9. The van der Waals surface area contributed by atoms with Gasteiger partial charge in [0.25, 0.3) is 5.91 Å². The molecule has 0 saturated carbocycles. The molecule has 0 atom stereocenters. The first-order valence-corrected chi connectivity index (χ1v) is 40.0. The third-order valence-electron chi connectivity index (χ3n) is 20.6. The fraction of sp³-hybridized carbons (Fsp3) is 0.333. The number of H-pyrrole nitrogens is 5. The molecule has 0 bridgehead atoms. The summed E-state index contributed by atoms with van der Waals surface area (Å²) in [4.78, 5) is 87.8. The number of rotatable bonds is 27. The molecule has 10 aromatic heterocycles. The summed E-state index contributed by atoms with van der Waals surface area (Å²) in [6, 6.07) is 40.5. The third-order valence-corrected chi connectivity index (χ3v) is 20.6. The van der Waals surface area contributed by atoms with Gasteiger partial charge in [-0.15, -0.1) is 0 Å². The quantitative estimate of drug-likeness (QED) is 0.0229. The van der Waals surface area contributed by atoms with Crippen LogP contribution in [0.25, 0.3) is 90.2 Å². The Hall–Kier alpha value is -13.1. The summed E-state index contributed by atoms with van der Waals surface area (Å²) >= 11 is 0. The molecule has 0 unspecified atom stereocenters. The van der Waals surface area contributed by atoms with Crippen molar-refractivity contribution in [2.24, 2.45) is 0 Å². The van der Waals surface area contributed by atoms with Crippen molar-refractivity contribution in [3.63, 3.8) is 0 Å². The van der Waals surface area contributed by atoms with E-state index in [0.29, 0.717) is 131 Å². The lowest BCUT2D eigenvalue weighted by atomic mass is 10.1. The molecule has 636 valence electrons. The summed E-state index contributed by atoms with van der Waals surface area (Å²) in [6.07, 6.45) is 9.72. The van der Waals surface area contributed by atoms with E-state index < -0.39 is 5.97 Å². The van der Waals surface area contributed by atoms with E-state index in [9.17, 15) is 30.0 Å². The molecule has 10 N–H and O–H groups in total. The molecule has 2 aliphatic heterocycles. The average Bonchev–Trinajstić information content (AvgIpc) is 1.68. The molecule has 122 heavy (non-hydrogen) atoms. The van der Waals surface area contributed by atoms with Crippen molar-refractivity contribution < 1.29 is 49.3 Å². The number of carbonyl (C=O) groups is 2. The number of aliphatic carboxylic acids is 1. The van der Waals surface area contributed by atoms with Crippen LogP contribution in [-0.2, 0) is 50.6 Å². The molecule has 5 aromatic carbocycles. The SMILES string of the molecule is C.C.Cc1cc(CCC(=O)O)c2nc(-c3ncccc3CO)[nH]c2c1.Cc1ccc2nc(-c3ncc(OCCN4CCN(C(=O)c5ccccc5)CC4)cc3CO)[nH]c2c1.Cc1ccc2nc(-c3ncc(OCCN4CCN(CCc5n[nH]c(C)n5)CC4)cc3CO)[nH]c2c1.Cc1ccc2nc(-c3ncc(OCCn4ncc(C)n4)cc3CO)[nH]c2c1. The zero-order valence-electron chi connectivity index (χ0n) is 67.9. The largest absolute Gasteiger partial charge is 0.491 e. The summed E-state index contributed by atoms with van der Waals surface area (Å²) < 4.78 is 17.6. The van der Waals surface area contributed by atoms with Crippen LogP contribution in [-0.4, -0.2) is 239 Å². The topological polar surface area (TPSA) is 415 Å². The van der Waals surface area contributed by atoms with Gasteiger partial charge in [-0.25, -0.2) is 39.9 Å². The Morgan fingerprint density at radius 1 is 0.434 bits per heavy atom. The van der Waals surface area contributed by atoms with E-state index in [1.807, 2.05) is 150 Å². The molecule has 0 aliphatic carbocycles. The number of benzene rings is 5. The number of carboxylic acids is 1. The van der Waals surface area contributed by atoms with Crippen LogP contribution in [0.15, 0.2) is 158 Å². The number of aliphatic hydroxyl groups excluding tert-OH is 4. The molecule has 2 aliphatic rings. The van der Waals surface area contributed by atoms with Gasteiger partial charge in [0.05, 0.1) is 108 Å². The first kappa shape index (κ1) is 88.2. The first-order valence-electron chi connectivity index (χ1n) is 40.0. The van der Waals surface area contributed by atoms with Crippen LogP contribution in [0.4, 0.5) is 0 Å². The lowest BCUT2D eigenvalue weighted by molar-refractivity contribution is -0.136. The lowest BCUT2D eigenvalue weighted by Gasteiger charge is -2.34. The summed E-state index contributed by atoms with van der Waals surface area (Å²) in [5, 5.41) is 63.4. The Morgan fingerprint density at radius 2 is 0.885 bits per heavy atom. The highest BCUT2D eigenvalue weighted by molar-refractivity contribution is 5.94. The number of nitrogens with zero attached hydrogens (tertiary/aromatic N) is 17. The van der Waals surface area contributed by atoms with Crippen LogP contribution >= 0.6 is 0 Å². The maximum absolute atomic E-state index is 12.6. The molecular weight excluding hydrogens is 1550 g/mol. The van der Waals surface area contributed by atoms with Gasteiger partial charge in [0, 0.05) is 119 Å². The number of carbonyl (C=O) groups excluding carboxylic acids is 1. The maximum atomic E-state index is 12.6. The van der Waals surface area contributed by atoms with Gasteiger partial charge in [0.15, 0.2) is 29.1 Å². The molecule has 2 fully saturated rings. The van der Waals surface area contributed by atoms with Crippen molar-refractivity contribution in [1.82, 2.24) is 110 Å². The van der Waals surface area contributed by atoms with Crippen molar-refractivity contribution in [3.05, 3.63) is 231 Å². The van der Waals surface area contributed by atoms with Gasteiger partial charge in [0.2, 0.25) is 0 Å². The molecular formula is C90H106N22O10. The van der Waals surface area contributed by atoms with E-state index >= 15 is 0 Å². The number of piperazine rings is 2. The van der Waals surface area contributed by atoms with Crippen molar-refractivity contribution >= 4 is 56.0 Å². The third kappa shape index (κ3) is 22.7. The van der Waals surface area contributed by atoms with E-state index in [1.54, 1.807) is 54.0 Å². The summed E-state index contributed by atoms with van der Waals surface area (Å²) in [6.45, 7) is 23.1. The molecule has 17 rings (SSSR count). The number of ether oxygens (including phenoxy) is 3. The second kappa shape index (κ2) is 41.7. The van der Waals surface area contributed by atoms with Crippen LogP contribution in [0, 0.1) is 41.5 Å². The number of nitrogens with one attached hydrogen (secondary N) is 5. The zero-order chi connectivity index (χ0) is 83.6. The maximum Gasteiger partial charge on any atom is 0.303 e. The van der Waals surface area contributed by atoms with Crippen LogP contribution in [0.2, 0.25) is 0 Å². The van der Waals surface area contributed by atoms with Gasteiger partial charge < -0.3 is 69.5 Å². The van der Waals surface area contributed by atoms with Crippen LogP contribution in [0.5, 0.6) is 17.2 Å². The number of aliphatic hydroxyl groups is 4. The lowest BCUT2D eigenvalue weighted by Crippen LogP contribution is -2.49. The van der Waals surface area contributed by atoms with E-state index in [-0.39, 0.29) is 53.6 Å². The normalized spacial score (nSPS) is 13.0. The van der Waals surface area contributed by atoms with Crippen molar-refractivity contribution in [1.29, 1.82) is 0 Å². The molecule has 0 radical (unpaired) electrons. The molecule has 32 heteroatoms. The number of amides is 1. The van der Waals surface area contributed by atoms with Gasteiger partial charge in [-0.05, 0) is 155 Å². The molecule has 2 saturated heterocycles. The minimum Gasteiger partial charge on any atom is -0.491 e. The number of carboxylic acid groups (broad SMARTS) is 1. The van der Waals surface area contributed by atoms with Crippen LogP contribution in [0.3, 0.4) is 0 Å². The van der Waals surface area contributed by atoms with Gasteiger partial charge in [0.1, 0.15) is 65.7 Å². The summed E-state index contributed by atoms with van der Waals surface area (Å²) in [5.74, 6) is 5.34. The van der Waals surface area contributed by atoms with Gasteiger partial charge in [-0.2, -0.15) is 20.1 Å². The van der Waals surface area contributed by atoms with Crippen molar-refractivity contribution in [3.8, 4) is 63.3 Å². The standard InChI is InChI=1S/C27H29N5O3.C25H32N8O2.C19H20N6O2.C17H17N3O3.2CH4/c1-19-7-8-23-24(15-19)30-26(29-23)25-21(18-33)16-22(17-28-25)35-14-13-31-9-11-32(12-10-31)27(34)20-5-3-2-4-6-20;1-17-3-4-21-22(13-17)29-25(28-21)24-19(16-34)14-20(15-26-24)35-12-11-33-9-7-32(8-10-33)6-5-23-27-18(2)30-31-23;1-12-3-4-16-17(7-12)23-19(22-16)18-14(11-26)8-15(10-20-18)27-6-5-25-21-9-13(2)24-25;1-10-7-11(4-5-14(22)23)15-13(8-10)19-17(20-15)16-12(9-21)3-2-6-18-16;;/h2-8,15-17,33H,9-14,18H2,1H3,(H,29,30);3-4,13-15,34H,5-12,16H2,1-2H3,(H,28,29)(H,27,30,31);3-4,7-10,26H,5-6,11H2,1-2H3,(H,22,23);2-3,6-8,21H,4-5,9H2,1H3,(H,19,20)(H,22,23);2*1H4.